The van der Waals surface area contributed by atoms with Crippen LogP contribution in [0, 0.1) is 0 Å². The predicted octanol–water partition coefficient (Wildman–Crippen LogP) is 5.91. The maximum atomic E-state index is 13.0. The van der Waals surface area contributed by atoms with Gasteiger partial charge in [0.05, 0.1) is 67.3 Å². The van der Waals surface area contributed by atoms with Gasteiger partial charge in [0.2, 0.25) is 10.0 Å². The Morgan fingerprint density at radius 3 is 1.54 bits per heavy atom. The van der Waals surface area contributed by atoms with Gasteiger partial charge in [0.1, 0.15) is 29.8 Å². The van der Waals surface area contributed by atoms with Gasteiger partial charge in [-0.3, -0.25) is 9.59 Å². The van der Waals surface area contributed by atoms with Crippen LogP contribution in [0.5, 0.6) is 11.5 Å². The summed E-state index contributed by atoms with van der Waals surface area (Å²) in [5, 5.41) is 25.1. The number of rotatable bonds is 32. The highest BCUT2D eigenvalue weighted by atomic mass is 35.5. The molecule has 0 radical (unpaired) electrons. The molecule has 24 heteroatoms. The molecule has 18 nitrogen and oxygen atoms in total. The van der Waals surface area contributed by atoms with Crippen molar-refractivity contribution in [3.63, 3.8) is 0 Å². The number of carbonyl (C=O) groups is 2. The van der Waals surface area contributed by atoms with E-state index < -0.39 is 43.8 Å². The highest BCUT2D eigenvalue weighted by molar-refractivity contribution is 7.91. The molecule has 0 fully saturated rings. The van der Waals surface area contributed by atoms with Crippen LogP contribution in [-0.4, -0.2) is 173 Å². The highest BCUT2D eigenvalue weighted by Gasteiger charge is 2.39. The summed E-state index contributed by atoms with van der Waals surface area (Å²) in [6, 6.07) is 19.6. The smallest absolute Gasteiger partial charge is 0.252 e. The van der Waals surface area contributed by atoms with Crippen molar-refractivity contribution in [2.24, 2.45) is 0 Å². The molecule has 0 heterocycles. The molecular weight excluding hydrogens is 1110 g/mol. The van der Waals surface area contributed by atoms with Gasteiger partial charge in [-0.15, -0.1) is 0 Å². The van der Waals surface area contributed by atoms with Crippen LogP contribution < -0.4 is 19.5 Å². The largest absolute Gasteiger partial charge is 0.484 e. The molecule has 6 rings (SSSR count). The van der Waals surface area contributed by atoms with Crippen LogP contribution in [0.2, 0.25) is 20.1 Å². The van der Waals surface area contributed by atoms with Crippen LogP contribution in [0.1, 0.15) is 53.7 Å². The predicted molar refractivity (Wildman–Crippen MR) is 289 cm³/mol. The van der Waals surface area contributed by atoms with Crippen molar-refractivity contribution < 1.29 is 65.1 Å². The number of aliphatic hydroxyl groups is 2. The van der Waals surface area contributed by atoms with Crippen molar-refractivity contribution in [3.8, 4) is 11.5 Å². The summed E-state index contributed by atoms with van der Waals surface area (Å²) in [4.78, 5) is 29.1. The summed E-state index contributed by atoms with van der Waals surface area (Å²) in [5.74, 6) is -0.813. The van der Waals surface area contributed by atoms with E-state index in [2.05, 4.69) is 19.8 Å². The van der Waals surface area contributed by atoms with Gasteiger partial charge in [-0.2, -0.15) is 0 Å². The fraction of sp³-hybridized carbons (Fsp3) is 0.500. The molecule has 0 saturated carbocycles. The lowest BCUT2D eigenvalue weighted by molar-refractivity contribution is -0.145. The number of benzene rings is 4. The van der Waals surface area contributed by atoms with Gasteiger partial charge >= 0.3 is 0 Å². The van der Waals surface area contributed by atoms with Crippen molar-refractivity contribution >= 4 is 78.0 Å². The number of hydrogen-bond donors (Lipinski definition) is 4. The van der Waals surface area contributed by atoms with E-state index >= 15 is 0 Å². The van der Waals surface area contributed by atoms with E-state index in [0.29, 0.717) is 44.4 Å². The maximum absolute atomic E-state index is 13.0. The number of ketones is 1. The van der Waals surface area contributed by atoms with Crippen LogP contribution in [0.25, 0.3) is 0 Å². The van der Waals surface area contributed by atoms with E-state index in [-0.39, 0.29) is 125 Å². The van der Waals surface area contributed by atoms with Crippen molar-refractivity contribution in [1.82, 2.24) is 19.8 Å². The number of hydrogen-bond acceptors (Lipinski definition) is 16. The first kappa shape index (κ1) is 61.5. The molecule has 6 atom stereocenters. The molecule has 4 aromatic carbocycles. The Bertz CT molecular complexity index is 2610. The van der Waals surface area contributed by atoms with E-state index in [1.165, 1.54) is 24.3 Å². The zero-order chi connectivity index (χ0) is 55.2. The molecule has 0 aromatic heterocycles. The number of sulfonamides is 1. The molecule has 76 heavy (non-hydrogen) atoms. The topological polar surface area (TPSA) is 229 Å². The number of likely N-dealkylation sites (N-methyl/N-ethyl adjacent to an activating group) is 2. The number of carbonyl (C=O) groups excluding carboxylic acids is 2. The third kappa shape index (κ3) is 17.2. The summed E-state index contributed by atoms with van der Waals surface area (Å²) < 4.78 is 88.9. The number of halogens is 4. The summed E-state index contributed by atoms with van der Waals surface area (Å²) in [6.07, 6.45) is -2.95. The number of ether oxygens (including phenoxy) is 6. The lowest BCUT2D eigenvalue weighted by Crippen LogP contribution is -2.46. The molecular formula is C52H66Cl4N4O14S2. The summed E-state index contributed by atoms with van der Waals surface area (Å²) >= 11 is 25.5. The van der Waals surface area contributed by atoms with Crippen LogP contribution in [0.4, 0.5) is 0 Å². The zero-order valence-electron chi connectivity index (χ0n) is 42.7. The van der Waals surface area contributed by atoms with E-state index in [0.717, 1.165) is 22.3 Å². The summed E-state index contributed by atoms with van der Waals surface area (Å²) in [6.45, 7) is 1.05. The minimum Gasteiger partial charge on any atom is -0.484 e. The average Bonchev–Trinajstić information content (AvgIpc) is 3.93. The zero-order valence-corrected chi connectivity index (χ0v) is 47.4. The van der Waals surface area contributed by atoms with Gasteiger partial charge in [-0.1, -0.05) is 46.4 Å². The Balaban J connectivity index is 0.752. The van der Waals surface area contributed by atoms with Gasteiger partial charge < -0.3 is 53.8 Å². The van der Waals surface area contributed by atoms with Crippen molar-refractivity contribution in [2.45, 2.75) is 78.4 Å². The minimum absolute atomic E-state index is 0.00144. The van der Waals surface area contributed by atoms with Gasteiger partial charge in [0.15, 0.2) is 21.7 Å². The third-order valence-electron chi connectivity index (χ3n) is 12.8. The maximum Gasteiger partial charge on any atom is 0.252 e. The first-order valence-electron chi connectivity index (χ1n) is 24.7. The monoisotopic (exact) mass is 1170 g/mol. The first-order chi connectivity index (χ1) is 36.2. The Hall–Kier alpha value is -3.68. The molecule has 4 N–H and O–H groups in total. The summed E-state index contributed by atoms with van der Waals surface area (Å²) in [5.41, 5.74) is 3.75. The average molecular weight is 1180 g/mol. The molecule has 0 saturated heterocycles. The second-order valence-electron chi connectivity index (χ2n) is 18.7. The molecule has 0 aliphatic heterocycles. The highest BCUT2D eigenvalue weighted by Crippen LogP contribution is 2.44. The fourth-order valence-electron chi connectivity index (χ4n) is 8.75. The second-order valence-corrected chi connectivity index (χ2v) is 24.2. The van der Waals surface area contributed by atoms with Crippen LogP contribution in [0.3, 0.4) is 0 Å². The van der Waals surface area contributed by atoms with E-state index in [4.69, 9.17) is 74.8 Å². The minimum atomic E-state index is -3.84. The number of fused-ring (bicyclic) bond motifs is 2. The number of sulfone groups is 1. The van der Waals surface area contributed by atoms with Gasteiger partial charge in [0.25, 0.3) is 5.91 Å². The summed E-state index contributed by atoms with van der Waals surface area (Å²) in [7, 11) is 0.412. The number of Topliss-reactive ketones (excluding diaryl/α,β-unsaturated/α-hetero) is 1. The van der Waals surface area contributed by atoms with Gasteiger partial charge in [0, 0.05) is 63.9 Å². The van der Waals surface area contributed by atoms with E-state index in [1.54, 1.807) is 36.4 Å². The molecule has 0 spiro atoms. The molecule has 0 unspecified atom stereocenters. The fourth-order valence-corrected chi connectivity index (χ4v) is 12.2. The Labute approximate surface area is 465 Å². The molecule has 2 aliphatic carbocycles. The van der Waals surface area contributed by atoms with E-state index in [9.17, 15) is 36.6 Å². The molecule has 1 amide bonds. The molecule has 4 aromatic rings. The Morgan fingerprint density at radius 1 is 0.605 bits per heavy atom. The quantitative estimate of drug-likeness (QED) is 0.0417. The molecule has 0 bridgehead atoms. The van der Waals surface area contributed by atoms with Gasteiger partial charge in [-0.25, -0.2) is 21.6 Å². The van der Waals surface area contributed by atoms with Crippen molar-refractivity contribution in [1.29, 1.82) is 0 Å². The lowest BCUT2D eigenvalue weighted by Gasteiger charge is -2.27. The van der Waals surface area contributed by atoms with E-state index in [1.807, 2.05) is 40.3 Å². The first-order valence-corrected chi connectivity index (χ1v) is 29.3. The Morgan fingerprint density at radius 2 is 1.05 bits per heavy atom. The molecule has 2 aliphatic rings. The standard InChI is InChI=1S/C52H66Cl4N4O14S2/c1-59(2)45-31-39-41(27-33(53)29-43(39)55)50(45)73-35-8-12-37(13-9-35)75(65,66)26-6-19-70-23-24-71-20-16-57-52(64)49(63)48(62)47(61)7-5-18-69-22-25-72-21-17-58-76(67,68)38-14-10-36(11-15-38)74-51-42-28-34(54)30-44(56)40(42)32-46(51)60(3)4/h8-15,27-30,45-46,48-51,58,62-63H,5-7,16-26,31-32H2,1-4H3,(H,57,64)/t45-,46-,48-,49+,50-,51-/m0/s1. The van der Waals surface area contributed by atoms with Crippen molar-refractivity contribution in [3.05, 3.63) is 115 Å². The van der Waals surface area contributed by atoms with Crippen LogP contribution in [0.15, 0.2) is 82.6 Å². The number of nitrogens with one attached hydrogen (secondary N) is 2. The van der Waals surface area contributed by atoms with Crippen LogP contribution in [-0.2, 0) is 61.2 Å². The second kappa shape index (κ2) is 29.0. The lowest BCUT2D eigenvalue weighted by atomic mass is 10.1. The normalized spacial score (nSPS) is 18.2. The van der Waals surface area contributed by atoms with Gasteiger partial charge in [-0.05, 0) is 138 Å². The third-order valence-corrected chi connectivity index (χ3v) is 17.2. The van der Waals surface area contributed by atoms with Crippen LogP contribution >= 0.6 is 46.4 Å². The number of amides is 1. The number of nitrogens with zero attached hydrogens (tertiary/aromatic N) is 2. The Kier molecular flexibility index (Phi) is 23.5. The number of aliphatic hydroxyl groups excluding tert-OH is 2. The molecule has 418 valence electrons. The van der Waals surface area contributed by atoms with Crippen molar-refractivity contribution in [2.75, 3.05) is 99.9 Å². The SMILES string of the molecule is CN(C)[C@H]1Cc2c(Cl)cc(Cl)cc2[C@@H]1Oc1ccc(S(=O)(=O)CCCOCCOCCNC(=O)[C@H](O)[C@@H](O)C(=O)CCCOCCOCCNS(=O)(=O)c2ccc(O[C@H]3c4cc(Cl)cc(Cl)c4C[C@@H]3N(C)C)cc2)cc1.